The Morgan fingerprint density at radius 2 is 2.22 bits per heavy atom. The largest absolute Gasteiger partial charge is 0.324 e. The van der Waals surface area contributed by atoms with Gasteiger partial charge in [0.05, 0.1) is 0 Å². The van der Waals surface area contributed by atoms with E-state index in [1.807, 2.05) is 11.3 Å². The molecule has 0 saturated heterocycles. The Morgan fingerprint density at radius 3 is 2.89 bits per heavy atom. The van der Waals surface area contributed by atoms with Gasteiger partial charge in [0, 0.05) is 28.4 Å². The summed E-state index contributed by atoms with van der Waals surface area (Å²) in [6, 6.07) is 4.48. The van der Waals surface area contributed by atoms with Crippen molar-refractivity contribution in [3.63, 3.8) is 0 Å². The molecule has 18 heavy (non-hydrogen) atoms. The van der Waals surface area contributed by atoms with E-state index in [-0.39, 0.29) is 5.54 Å². The molecule has 1 aromatic heterocycles. The minimum Gasteiger partial charge on any atom is -0.324 e. The van der Waals surface area contributed by atoms with Crippen molar-refractivity contribution in [3.8, 4) is 0 Å². The monoisotopic (exact) mass is 266 g/mol. The SMILES string of the molecule is CCc1ccc(CNCC2(N)CCCC(C)C2)s1. The van der Waals surface area contributed by atoms with Gasteiger partial charge in [0.1, 0.15) is 0 Å². The quantitative estimate of drug-likeness (QED) is 0.858. The van der Waals surface area contributed by atoms with Gasteiger partial charge in [0.15, 0.2) is 0 Å². The van der Waals surface area contributed by atoms with Gasteiger partial charge >= 0.3 is 0 Å². The fraction of sp³-hybridized carbons (Fsp3) is 0.733. The molecule has 1 heterocycles. The van der Waals surface area contributed by atoms with Gasteiger partial charge < -0.3 is 11.1 Å². The fourth-order valence-corrected chi connectivity index (χ4v) is 3.93. The third-order valence-electron chi connectivity index (χ3n) is 3.97. The summed E-state index contributed by atoms with van der Waals surface area (Å²) in [5.74, 6) is 0.791. The molecule has 2 nitrogen and oxygen atoms in total. The van der Waals surface area contributed by atoms with Crippen LogP contribution in [0.1, 0.15) is 49.3 Å². The van der Waals surface area contributed by atoms with Gasteiger partial charge in [-0.3, -0.25) is 0 Å². The highest BCUT2D eigenvalue weighted by molar-refractivity contribution is 7.11. The summed E-state index contributed by atoms with van der Waals surface area (Å²) in [6.07, 6.45) is 6.13. The summed E-state index contributed by atoms with van der Waals surface area (Å²) in [5, 5.41) is 3.56. The molecule has 0 spiro atoms. The second-order valence-corrected chi connectivity index (χ2v) is 7.14. The zero-order valence-corrected chi connectivity index (χ0v) is 12.5. The van der Waals surface area contributed by atoms with E-state index in [0.29, 0.717) is 0 Å². The predicted molar refractivity (Wildman–Crippen MR) is 80.0 cm³/mol. The zero-order chi connectivity index (χ0) is 13.0. The smallest absolute Gasteiger partial charge is 0.0300 e. The summed E-state index contributed by atoms with van der Waals surface area (Å²) in [5.41, 5.74) is 6.52. The van der Waals surface area contributed by atoms with E-state index in [2.05, 4.69) is 31.3 Å². The van der Waals surface area contributed by atoms with Crippen LogP contribution < -0.4 is 11.1 Å². The van der Waals surface area contributed by atoms with Crippen LogP contribution in [-0.4, -0.2) is 12.1 Å². The van der Waals surface area contributed by atoms with E-state index in [4.69, 9.17) is 5.73 Å². The minimum absolute atomic E-state index is 0.0303. The number of nitrogens with one attached hydrogen (secondary N) is 1. The molecule has 2 rings (SSSR count). The lowest BCUT2D eigenvalue weighted by atomic mass is 9.77. The highest BCUT2D eigenvalue weighted by Crippen LogP contribution is 2.30. The number of nitrogens with two attached hydrogens (primary N) is 1. The van der Waals surface area contributed by atoms with E-state index in [1.54, 1.807) is 0 Å². The topological polar surface area (TPSA) is 38.0 Å². The van der Waals surface area contributed by atoms with Crippen molar-refractivity contribution in [1.29, 1.82) is 0 Å². The van der Waals surface area contributed by atoms with Gasteiger partial charge in [0.2, 0.25) is 0 Å². The number of thiophene rings is 1. The average molecular weight is 266 g/mol. The van der Waals surface area contributed by atoms with Crippen molar-refractivity contribution in [2.45, 2.75) is 58.0 Å². The molecule has 0 aliphatic heterocycles. The van der Waals surface area contributed by atoms with Gasteiger partial charge in [0.25, 0.3) is 0 Å². The van der Waals surface area contributed by atoms with Crippen LogP contribution in [0.4, 0.5) is 0 Å². The molecule has 3 heteroatoms. The third-order valence-corrected chi connectivity index (χ3v) is 5.20. The molecule has 0 radical (unpaired) electrons. The average Bonchev–Trinajstić information content (AvgIpc) is 2.76. The van der Waals surface area contributed by atoms with Crippen molar-refractivity contribution >= 4 is 11.3 Å². The third kappa shape index (κ3) is 3.81. The molecule has 0 bridgehead atoms. The molecule has 1 fully saturated rings. The number of hydrogen-bond acceptors (Lipinski definition) is 3. The van der Waals surface area contributed by atoms with E-state index in [9.17, 15) is 0 Å². The summed E-state index contributed by atoms with van der Waals surface area (Å²) in [4.78, 5) is 2.90. The van der Waals surface area contributed by atoms with Gasteiger partial charge in [-0.1, -0.05) is 26.7 Å². The highest BCUT2D eigenvalue weighted by Gasteiger charge is 2.30. The Bertz CT molecular complexity index is 374. The van der Waals surface area contributed by atoms with Crippen LogP contribution in [0, 0.1) is 5.92 Å². The summed E-state index contributed by atoms with van der Waals surface area (Å²) >= 11 is 1.92. The lowest BCUT2D eigenvalue weighted by Crippen LogP contribution is -2.51. The number of rotatable bonds is 5. The van der Waals surface area contributed by atoms with Gasteiger partial charge in [-0.25, -0.2) is 0 Å². The molecular weight excluding hydrogens is 240 g/mol. The predicted octanol–water partition coefficient (Wildman–Crippen LogP) is 3.31. The Hall–Kier alpha value is -0.380. The second kappa shape index (κ2) is 6.18. The van der Waals surface area contributed by atoms with Crippen LogP contribution in [0.25, 0.3) is 0 Å². The maximum absolute atomic E-state index is 6.49. The highest BCUT2D eigenvalue weighted by atomic mass is 32.1. The van der Waals surface area contributed by atoms with Gasteiger partial charge in [-0.05, 0) is 37.3 Å². The van der Waals surface area contributed by atoms with E-state index >= 15 is 0 Å². The normalized spacial score (nSPS) is 28.5. The Labute approximate surface area is 115 Å². The molecule has 3 N–H and O–H groups in total. The van der Waals surface area contributed by atoms with Crippen molar-refractivity contribution in [2.75, 3.05) is 6.54 Å². The first kappa shape index (κ1) is 14.0. The fourth-order valence-electron chi connectivity index (χ4n) is 3.00. The van der Waals surface area contributed by atoms with E-state index in [0.717, 1.165) is 25.4 Å². The van der Waals surface area contributed by atoms with Crippen molar-refractivity contribution in [3.05, 3.63) is 21.9 Å². The first-order chi connectivity index (χ1) is 8.61. The molecule has 2 atom stereocenters. The zero-order valence-electron chi connectivity index (χ0n) is 11.7. The van der Waals surface area contributed by atoms with Crippen molar-refractivity contribution in [1.82, 2.24) is 5.32 Å². The molecule has 1 aromatic rings. The standard InChI is InChI=1S/C15H26N2S/c1-3-13-6-7-14(18-13)10-17-11-15(16)8-4-5-12(2)9-15/h6-7,12,17H,3-5,8-11,16H2,1-2H3. The Morgan fingerprint density at radius 1 is 1.44 bits per heavy atom. The lowest BCUT2D eigenvalue weighted by molar-refractivity contribution is 0.229. The molecule has 2 unspecified atom stereocenters. The second-order valence-electron chi connectivity index (χ2n) is 5.89. The van der Waals surface area contributed by atoms with Crippen molar-refractivity contribution in [2.24, 2.45) is 11.7 Å². The van der Waals surface area contributed by atoms with Crippen LogP contribution in [0.5, 0.6) is 0 Å². The number of hydrogen-bond donors (Lipinski definition) is 2. The first-order valence-corrected chi connectivity index (χ1v) is 8.00. The van der Waals surface area contributed by atoms with Crippen LogP contribution in [0.15, 0.2) is 12.1 Å². The lowest BCUT2D eigenvalue weighted by Gasteiger charge is -2.37. The molecule has 1 saturated carbocycles. The molecule has 1 aliphatic carbocycles. The summed E-state index contributed by atoms with van der Waals surface area (Å²) < 4.78 is 0. The first-order valence-electron chi connectivity index (χ1n) is 7.18. The summed E-state index contributed by atoms with van der Waals surface area (Å²) in [7, 11) is 0. The van der Waals surface area contributed by atoms with Crippen LogP contribution in [0.3, 0.4) is 0 Å². The maximum Gasteiger partial charge on any atom is 0.0300 e. The Balaban J connectivity index is 1.77. The molecule has 102 valence electrons. The van der Waals surface area contributed by atoms with E-state index in [1.165, 1.54) is 35.4 Å². The molecule has 0 aromatic carbocycles. The Kier molecular flexibility index (Phi) is 4.82. The van der Waals surface area contributed by atoms with Crippen LogP contribution >= 0.6 is 11.3 Å². The van der Waals surface area contributed by atoms with Gasteiger partial charge in [-0.15, -0.1) is 11.3 Å². The van der Waals surface area contributed by atoms with Crippen LogP contribution in [0.2, 0.25) is 0 Å². The maximum atomic E-state index is 6.49. The number of aryl methyl sites for hydroxylation is 1. The molecule has 0 amide bonds. The molecular formula is C15H26N2S. The van der Waals surface area contributed by atoms with Gasteiger partial charge in [-0.2, -0.15) is 0 Å². The van der Waals surface area contributed by atoms with Crippen LogP contribution in [-0.2, 0) is 13.0 Å². The molecule has 1 aliphatic rings. The van der Waals surface area contributed by atoms with E-state index < -0.39 is 0 Å². The summed E-state index contributed by atoms with van der Waals surface area (Å²) in [6.45, 7) is 6.46. The minimum atomic E-state index is 0.0303. The van der Waals surface area contributed by atoms with Crippen molar-refractivity contribution < 1.29 is 0 Å².